The molecule has 4 heteroatoms. The normalized spacial score (nSPS) is 9.08. The van der Waals surface area contributed by atoms with Crippen LogP contribution >= 0.6 is 0 Å². The third kappa shape index (κ3) is 2.59. The molecule has 0 fully saturated rings. The van der Waals surface area contributed by atoms with Crippen molar-refractivity contribution in [3.8, 4) is 5.75 Å². The van der Waals surface area contributed by atoms with E-state index < -0.39 is 12.8 Å². The van der Waals surface area contributed by atoms with Crippen molar-refractivity contribution in [3.05, 3.63) is 30.3 Å². The van der Waals surface area contributed by atoms with Gasteiger partial charge in [0.15, 0.2) is 0 Å². The van der Waals surface area contributed by atoms with E-state index in [4.69, 9.17) is 9.84 Å². The van der Waals surface area contributed by atoms with Crippen LogP contribution in [0.3, 0.4) is 0 Å². The molecule has 1 aromatic carbocycles. The molecule has 0 saturated carbocycles. The first-order valence-electron chi connectivity index (χ1n) is 3.44. The molecule has 0 radical (unpaired) electrons. The van der Waals surface area contributed by atoms with E-state index in [1.54, 1.807) is 24.3 Å². The summed E-state index contributed by atoms with van der Waals surface area (Å²) in [7, 11) is 0. The Morgan fingerprint density at radius 1 is 1.42 bits per heavy atom. The molecule has 2 N–H and O–H groups in total. The highest BCUT2D eigenvalue weighted by Crippen LogP contribution is 2.07. The molecule has 1 aromatic rings. The minimum atomic E-state index is -0.663. The molecule has 12 heavy (non-hydrogen) atoms. The Morgan fingerprint density at radius 3 is 2.67 bits per heavy atom. The van der Waals surface area contributed by atoms with Gasteiger partial charge in [0, 0.05) is 0 Å². The van der Waals surface area contributed by atoms with Crippen molar-refractivity contribution in [3.63, 3.8) is 0 Å². The highest BCUT2D eigenvalue weighted by molar-refractivity contribution is 5.69. The minimum Gasteiger partial charge on any atom is -0.410 e. The molecular formula is C8H9NO3. The van der Waals surface area contributed by atoms with Gasteiger partial charge < -0.3 is 9.84 Å². The fraction of sp³-hybridized carbons (Fsp3) is 0.125. The Hall–Kier alpha value is -1.55. The van der Waals surface area contributed by atoms with Crippen LogP contribution in [0.2, 0.25) is 0 Å². The van der Waals surface area contributed by atoms with Gasteiger partial charge in [-0.15, -0.1) is 0 Å². The van der Waals surface area contributed by atoms with Crippen LogP contribution < -0.4 is 10.1 Å². The summed E-state index contributed by atoms with van der Waals surface area (Å²) in [6, 6.07) is 8.62. The van der Waals surface area contributed by atoms with Crippen LogP contribution in [-0.4, -0.2) is 17.9 Å². The van der Waals surface area contributed by atoms with E-state index >= 15 is 0 Å². The van der Waals surface area contributed by atoms with Crippen LogP contribution in [0.5, 0.6) is 5.75 Å². The number of amides is 1. The van der Waals surface area contributed by atoms with Crippen LogP contribution in [0.15, 0.2) is 30.3 Å². The van der Waals surface area contributed by atoms with Crippen LogP contribution in [-0.2, 0) is 0 Å². The van der Waals surface area contributed by atoms with Gasteiger partial charge in [0.2, 0.25) is 0 Å². The molecule has 0 unspecified atom stereocenters. The molecule has 1 rings (SSSR count). The molecule has 0 aliphatic heterocycles. The summed E-state index contributed by atoms with van der Waals surface area (Å²) in [5.41, 5.74) is 0. The zero-order valence-corrected chi connectivity index (χ0v) is 6.36. The van der Waals surface area contributed by atoms with Gasteiger partial charge >= 0.3 is 6.09 Å². The number of aliphatic hydroxyl groups excluding tert-OH is 1. The average molecular weight is 167 g/mol. The van der Waals surface area contributed by atoms with E-state index in [0.717, 1.165) is 0 Å². The Bertz CT molecular complexity index is 248. The zero-order valence-electron chi connectivity index (χ0n) is 6.36. The number of aliphatic hydroxyl groups is 1. The van der Waals surface area contributed by atoms with Gasteiger partial charge in [-0.25, -0.2) is 4.79 Å². The van der Waals surface area contributed by atoms with Crippen LogP contribution in [0.1, 0.15) is 0 Å². The number of ether oxygens (including phenoxy) is 1. The maximum atomic E-state index is 10.7. The summed E-state index contributed by atoms with van der Waals surface area (Å²) >= 11 is 0. The molecule has 1 amide bonds. The molecule has 0 heterocycles. The fourth-order valence-electron chi connectivity index (χ4n) is 0.696. The predicted octanol–water partition coefficient (Wildman–Crippen LogP) is 0.725. The summed E-state index contributed by atoms with van der Waals surface area (Å²) in [5.74, 6) is 0.448. The Labute approximate surface area is 69.8 Å². The first-order valence-corrected chi connectivity index (χ1v) is 3.44. The monoisotopic (exact) mass is 167 g/mol. The summed E-state index contributed by atoms with van der Waals surface area (Å²) < 4.78 is 4.74. The molecule has 0 aliphatic carbocycles. The lowest BCUT2D eigenvalue weighted by Gasteiger charge is -2.02. The van der Waals surface area contributed by atoms with Crippen molar-refractivity contribution in [1.82, 2.24) is 5.32 Å². The second-order valence-corrected chi connectivity index (χ2v) is 2.04. The number of benzene rings is 1. The van der Waals surface area contributed by atoms with Crippen molar-refractivity contribution < 1.29 is 14.6 Å². The third-order valence-corrected chi connectivity index (χ3v) is 1.18. The number of para-hydroxylation sites is 1. The molecule has 64 valence electrons. The lowest BCUT2D eigenvalue weighted by atomic mass is 10.3. The number of rotatable bonds is 2. The van der Waals surface area contributed by atoms with E-state index in [1.165, 1.54) is 0 Å². The summed E-state index contributed by atoms with van der Waals surface area (Å²) in [6.45, 7) is -0.425. The molecule has 0 aliphatic rings. The Balaban J connectivity index is 2.47. The van der Waals surface area contributed by atoms with E-state index in [2.05, 4.69) is 5.32 Å². The SMILES string of the molecule is O=C(NCO)Oc1ccccc1. The van der Waals surface area contributed by atoms with Gasteiger partial charge in [-0.1, -0.05) is 18.2 Å². The maximum Gasteiger partial charge on any atom is 0.414 e. The molecule has 0 saturated heterocycles. The molecule has 0 aromatic heterocycles. The number of carbonyl (C=O) groups excluding carboxylic acids is 1. The second-order valence-electron chi connectivity index (χ2n) is 2.04. The number of hydrogen-bond acceptors (Lipinski definition) is 3. The van der Waals surface area contributed by atoms with Crippen molar-refractivity contribution >= 4 is 6.09 Å². The minimum absolute atomic E-state index is 0.425. The number of hydrogen-bond donors (Lipinski definition) is 2. The van der Waals surface area contributed by atoms with E-state index in [1.807, 2.05) is 6.07 Å². The summed E-state index contributed by atoms with van der Waals surface area (Å²) in [5, 5.41) is 10.4. The highest BCUT2D eigenvalue weighted by atomic mass is 16.6. The quantitative estimate of drug-likeness (QED) is 0.638. The van der Waals surface area contributed by atoms with Gasteiger partial charge in [-0.2, -0.15) is 0 Å². The standard InChI is InChI=1S/C8H9NO3/c10-6-9-8(11)12-7-4-2-1-3-5-7/h1-5,10H,6H2,(H,9,11). The first-order chi connectivity index (χ1) is 5.83. The van der Waals surface area contributed by atoms with Crippen molar-refractivity contribution in [2.24, 2.45) is 0 Å². The van der Waals surface area contributed by atoms with Gasteiger partial charge in [-0.05, 0) is 12.1 Å². The molecular weight excluding hydrogens is 158 g/mol. The van der Waals surface area contributed by atoms with Crippen molar-refractivity contribution in [2.45, 2.75) is 0 Å². The number of nitrogens with one attached hydrogen (secondary N) is 1. The van der Waals surface area contributed by atoms with Crippen LogP contribution in [0.25, 0.3) is 0 Å². The topological polar surface area (TPSA) is 58.6 Å². The lowest BCUT2D eigenvalue weighted by molar-refractivity contribution is 0.181. The molecule has 4 nitrogen and oxygen atoms in total. The zero-order chi connectivity index (χ0) is 8.81. The summed E-state index contributed by atoms with van der Waals surface area (Å²) in [6.07, 6.45) is -0.663. The Morgan fingerprint density at radius 2 is 2.08 bits per heavy atom. The maximum absolute atomic E-state index is 10.7. The average Bonchev–Trinajstić information content (AvgIpc) is 2.06. The van der Waals surface area contributed by atoms with Crippen LogP contribution in [0.4, 0.5) is 4.79 Å². The van der Waals surface area contributed by atoms with Crippen molar-refractivity contribution in [2.75, 3.05) is 6.73 Å². The van der Waals surface area contributed by atoms with Gasteiger partial charge in [0.25, 0.3) is 0 Å². The first kappa shape index (κ1) is 8.55. The lowest BCUT2D eigenvalue weighted by Crippen LogP contribution is -2.27. The van der Waals surface area contributed by atoms with Crippen molar-refractivity contribution in [1.29, 1.82) is 0 Å². The third-order valence-electron chi connectivity index (χ3n) is 1.18. The van der Waals surface area contributed by atoms with Gasteiger partial charge in [0.1, 0.15) is 12.5 Å². The summed E-state index contributed by atoms with van der Waals surface area (Å²) in [4.78, 5) is 10.7. The van der Waals surface area contributed by atoms with E-state index in [9.17, 15) is 4.79 Å². The predicted molar refractivity (Wildman–Crippen MR) is 42.7 cm³/mol. The van der Waals surface area contributed by atoms with Gasteiger partial charge in [-0.3, -0.25) is 5.32 Å². The van der Waals surface area contributed by atoms with E-state index in [0.29, 0.717) is 5.75 Å². The number of carbonyl (C=O) groups is 1. The largest absolute Gasteiger partial charge is 0.414 e. The smallest absolute Gasteiger partial charge is 0.410 e. The fourth-order valence-corrected chi connectivity index (χ4v) is 0.696. The van der Waals surface area contributed by atoms with E-state index in [-0.39, 0.29) is 0 Å². The molecule has 0 atom stereocenters. The second kappa shape index (κ2) is 4.35. The van der Waals surface area contributed by atoms with Gasteiger partial charge in [0.05, 0.1) is 0 Å². The highest BCUT2D eigenvalue weighted by Gasteiger charge is 1.99. The Kier molecular flexibility index (Phi) is 3.10. The molecule has 0 bridgehead atoms. The molecule has 0 spiro atoms. The van der Waals surface area contributed by atoms with Crippen LogP contribution in [0, 0.1) is 0 Å².